The molecule has 1 amide bonds. The predicted octanol–water partition coefficient (Wildman–Crippen LogP) is 7.06. The molecule has 0 spiro atoms. The first-order chi connectivity index (χ1) is 16.5. The summed E-state index contributed by atoms with van der Waals surface area (Å²) in [7, 11) is 1.65. The number of nitrogens with zero attached hydrogens (tertiary/aromatic N) is 1. The summed E-state index contributed by atoms with van der Waals surface area (Å²) >= 11 is 3.10. The van der Waals surface area contributed by atoms with Gasteiger partial charge in [0, 0.05) is 25.8 Å². The number of methoxy groups -OCH3 is 1. The Morgan fingerprint density at radius 3 is 1.82 bits per heavy atom. The minimum Gasteiger partial charge on any atom is -0.497 e. The first kappa shape index (κ1) is 23.9. The molecule has 34 heavy (non-hydrogen) atoms. The van der Waals surface area contributed by atoms with E-state index in [9.17, 15) is 4.79 Å². The average molecular weight is 487 g/mol. The van der Waals surface area contributed by atoms with E-state index in [2.05, 4.69) is 10.3 Å². The Bertz CT molecular complexity index is 1180. The highest BCUT2D eigenvalue weighted by Crippen LogP contribution is 2.41. The summed E-state index contributed by atoms with van der Waals surface area (Å²) in [6, 6.07) is 29.6. The molecule has 4 rings (SSSR count). The van der Waals surface area contributed by atoms with Gasteiger partial charge in [0.25, 0.3) is 5.91 Å². The van der Waals surface area contributed by atoms with Crippen molar-refractivity contribution in [2.75, 3.05) is 7.11 Å². The fourth-order valence-electron chi connectivity index (χ4n) is 3.44. The molecular weight excluding hydrogens is 460 g/mol. The zero-order chi connectivity index (χ0) is 24.0. The summed E-state index contributed by atoms with van der Waals surface area (Å²) in [4.78, 5) is 22.1. The molecular formula is C28H26N2O2S2. The molecule has 0 atom stereocenters. The van der Waals surface area contributed by atoms with Crippen LogP contribution in [0.5, 0.6) is 5.75 Å². The quantitative estimate of drug-likeness (QED) is 0.289. The van der Waals surface area contributed by atoms with E-state index in [0.29, 0.717) is 11.3 Å². The maximum Gasteiger partial charge on any atom is 0.254 e. The number of amides is 1. The first-order valence-corrected chi connectivity index (χ1v) is 12.5. The van der Waals surface area contributed by atoms with Gasteiger partial charge in [-0.3, -0.25) is 9.78 Å². The Balaban J connectivity index is 1.79. The van der Waals surface area contributed by atoms with E-state index in [-0.39, 0.29) is 5.91 Å². The summed E-state index contributed by atoms with van der Waals surface area (Å²) in [5.74, 6) is 0.549. The molecule has 1 aromatic heterocycles. The van der Waals surface area contributed by atoms with Crippen molar-refractivity contribution in [3.05, 3.63) is 108 Å². The van der Waals surface area contributed by atoms with Gasteiger partial charge in [0.05, 0.1) is 23.9 Å². The van der Waals surface area contributed by atoms with Crippen LogP contribution in [0.4, 0.5) is 0 Å². The van der Waals surface area contributed by atoms with E-state index in [4.69, 9.17) is 4.74 Å². The molecule has 1 heterocycles. The molecule has 0 aliphatic rings. The Morgan fingerprint density at radius 1 is 0.824 bits per heavy atom. The van der Waals surface area contributed by atoms with Crippen LogP contribution in [0, 0.1) is 0 Å². The van der Waals surface area contributed by atoms with Crippen LogP contribution in [0.3, 0.4) is 0 Å². The van der Waals surface area contributed by atoms with E-state index in [1.165, 1.54) is 0 Å². The van der Waals surface area contributed by atoms with E-state index in [1.807, 2.05) is 105 Å². The van der Waals surface area contributed by atoms with Gasteiger partial charge in [-0.2, -0.15) is 0 Å². The highest BCUT2D eigenvalue weighted by Gasteiger charge is 2.28. The highest BCUT2D eigenvalue weighted by molar-refractivity contribution is 8.00. The van der Waals surface area contributed by atoms with Gasteiger partial charge in [-0.1, -0.05) is 66.0 Å². The number of hydrogen-bond donors (Lipinski definition) is 1. The lowest BCUT2D eigenvalue weighted by atomic mass is 9.99. The van der Waals surface area contributed by atoms with Crippen LogP contribution in [0.1, 0.15) is 29.9 Å². The van der Waals surface area contributed by atoms with E-state index in [1.54, 1.807) is 36.8 Å². The Labute approximate surface area is 209 Å². The van der Waals surface area contributed by atoms with Crippen molar-refractivity contribution in [3.8, 4) is 5.75 Å². The number of hydrogen-bond acceptors (Lipinski definition) is 5. The van der Waals surface area contributed by atoms with Crippen LogP contribution in [0.25, 0.3) is 0 Å². The SMILES string of the molecule is COc1cc(Sc2ccccc2)c(C(=O)NC(C)(C)c2ccccn2)c(Sc2ccccc2)c1. The second-order valence-corrected chi connectivity index (χ2v) is 10.4. The largest absolute Gasteiger partial charge is 0.497 e. The van der Waals surface area contributed by atoms with Gasteiger partial charge in [0.1, 0.15) is 5.75 Å². The van der Waals surface area contributed by atoms with Crippen LogP contribution < -0.4 is 10.1 Å². The predicted molar refractivity (Wildman–Crippen MR) is 139 cm³/mol. The van der Waals surface area contributed by atoms with Gasteiger partial charge in [-0.15, -0.1) is 0 Å². The van der Waals surface area contributed by atoms with Crippen molar-refractivity contribution < 1.29 is 9.53 Å². The maximum absolute atomic E-state index is 13.8. The highest BCUT2D eigenvalue weighted by atomic mass is 32.2. The third-order valence-corrected chi connectivity index (χ3v) is 7.28. The van der Waals surface area contributed by atoms with Crippen molar-refractivity contribution in [3.63, 3.8) is 0 Å². The zero-order valence-corrected chi connectivity index (χ0v) is 21.0. The summed E-state index contributed by atoms with van der Waals surface area (Å²) in [5.41, 5.74) is 0.764. The number of benzene rings is 3. The van der Waals surface area contributed by atoms with Crippen molar-refractivity contribution in [1.29, 1.82) is 0 Å². The van der Waals surface area contributed by atoms with Gasteiger partial charge in [0.2, 0.25) is 0 Å². The number of aromatic nitrogens is 1. The molecule has 172 valence electrons. The van der Waals surface area contributed by atoms with Gasteiger partial charge in [0.15, 0.2) is 0 Å². The van der Waals surface area contributed by atoms with Gasteiger partial charge in [-0.25, -0.2) is 0 Å². The monoisotopic (exact) mass is 486 g/mol. The third-order valence-electron chi connectivity index (χ3n) is 5.18. The number of pyridine rings is 1. The van der Waals surface area contributed by atoms with Gasteiger partial charge < -0.3 is 10.1 Å². The molecule has 0 saturated heterocycles. The van der Waals surface area contributed by atoms with Crippen LogP contribution in [0.15, 0.2) is 117 Å². The molecule has 6 heteroatoms. The van der Waals surface area contributed by atoms with Gasteiger partial charge >= 0.3 is 0 Å². The fourth-order valence-corrected chi connectivity index (χ4v) is 5.56. The molecule has 4 nitrogen and oxygen atoms in total. The minimum absolute atomic E-state index is 0.157. The summed E-state index contributed by atoms with van der Waals surface area (Å²) < 4.78 is 5.61. The van der Waals surface area contributed by atoms with Gasteiger partial charge in [-0.05, 0) is 62.4 Å². The molecule has 4 aromatic rings. The van der Waals surface area contributed by atoms with Crippen molar-refractivity contribution in [1.82, 2.24) is 10.3 Å². The number of carbonyl (C=O) groups is 1. The lowest BCUT2D eigenvalue weighted by molar-refractivity contribution is 0.0904. The lowest BCUT2D eigenvalue weighted by Crippen LogP contribution is -2.42. The average Bonchev–Trinajstić information content (AvgIpc) is 2.85. The first-order valence-electron chi connectivity index (χ1n) is 10.9. The van der Waals surface area contributed by atoms with Crippen molar-refractivity contribution in [2.45, 2.75) is 39.0 Å². The molecule has 0 aliphatic heterocycles. The number of rotatable bonds is 8. The van der Waals surface area contributed by atoms with E-state index >= 15 is 0 Å². The van der Waals surface area contributed by atoms with E-state index in [0.717, 1.165) is 25.3 Å². The smallest absolute Gasteiger partial charge is 0.254 e. The summed E-state index contributed by atoms with van der Waals surface area (Å²) in [6.45, 7) is 3.93. The second-order valence-electron chi connectivity index (χ2n) is 8.12. The van der Waals surface area contributed by atoms with Crippen LogP contribution >= 0.6 is 23.5 Å². The molecule has 0 radical (unpaired) electrons. The van der Waals surface area contributed by atoms with E-state index < -0.39 is 5.54 Å². The molecule has 0 saturated carbocycles. The maximum atomic E-state index is 13.8. The zero-order valence-electron chi connectivity index (χ0n) is 19.3. The minimum atomic E-state index is -0.651. The number of nitrogens with one attached hydrogen (secondary N) is 1. The number of carbonyl (C=O) groups excluding carboxylic acids is 1. The molecule has 0 unspecified atom stereocenters. The Hall–Kier alpha value is -3.22. The van der Waals surface area contributed by atoms with Crippen LogP contribution in [-0.4, -0.2) is 18.0 Å². The normalized spacial score (nSPS) is 11.1. The summed E-state index contributed by atoms with van der Waals surface area (Å²) in [5, 5.41) is 3.21. The molecule has 0 fully saturated rings. The molecule has 3 aromatic carbocycles. The third kappa shape index (κ3) is 5.82. The summed E-state index contributed by atoms with van der Waals surface area (Å²) in [6.07, 6.45) is 1.74. The standard InChI is InChI=1S/C28H26N2O2S2/c1-28(2,25-16-10-11-17-29-25)30-27(31)26-23(33-21-12-6-4-7-13-21)18-20(32-3)19-24(26)34-22-14-8-5-9-15-22/h4-19H,1-3H3,(H,30,31). The number of ether oxygens (including phenoxy) is 1. The molecule has 1 N–H and O–H groups in total. The Morgan fingerprint density at radius 2 is 1.35 bits per heavy atom. The van der Waals surface area contributed by atoms with Crippen LogP contribution in [0.2, 0.25) is 0 Å². The Kier molecular flexibility index (Phi) is 7.60. The van der Waals surface area contributed by atoms with Crippen molar-refractivity contribution >= 4 is 29.4 Å². The van der Waals surface area contributed by atoms with Crippen molar-refractivity contribution in [2.24, 2.45) is 0 Å². The molecule has 0 bridgehead atoms. The molecule has 0 aliphatic carbocycles. The fraction of sp³-hybridized carbons (Fsp3) is 0.143. The topological polar surface area (TPSA) is 51.2 Å². The second kappa shape index (κ2) is 10.8. The van der Waals surface area contributed by atoms with Crippen LogP contribution in [-0.2, 0) is 5.54 Å². The lowest BCUT2D eigenvalue weighted by Gasteiger charge is -2.27.